The van der Waals surface area contributed by atoms with E-state index in [2.05, 4.69) is 31.6 Å². The van der Waals surface area contributed by atoms with Gasteiger partial charge in [0.05, 0.1) is 24.3 Å². The van der Waals surface area contributed by atoms with Crippen molar-refractivity contribution >= 4 is 33.2 Å². The standard InChI is InChI=1S/C20H18BrN5O4/c1-13(15-6-8-17(30-2)9-7-15)22-23-20(27)19-18(26(28)29)12-25(24-19)11-14-4-3-5-16(21)10-14/h3-10,12H,11H2,1-2H3,(H,23,27)/b22-13-. The number of rotatable bonds is 7. The second kappa shape index (κ2) is 9.31. The maximum atomic E-state index is 12.5. The first-order valence-electron chi connectivity index (χ1n) is 8.82. The summed E-state index contributed by atoms with van der Waals surface area (Å²) in [5.74, 6) is -0.0650. The molecule has 0 aliphatic heterocycles. The molecule has 2 aromatic carbocycles. The van der Waals surface area contributed by atoms with Crippen LogP contribution in [0.1, 0.15) is 28.5 Å². The molecule has 154 valence electrons. The lowest BCUT2D eigenvalue weighted by molar-refractivity contribution is -0.385. The van der Waals surface area contributed by atoms with Gasteiger partial charge < -0.3 is 4.74 Å². The van der Waals surface area contributed by atoms with Gasteiger partial charge in [-0.15, -0.1) is 0 Å². The second-order valence-electron chi connectivity index (χ2n) is 6.31. The van der Waals surface area contributed by atoms with Gasteiger partial charge >= 0.3 is 5.69 Å². The highest BCUT2D eigenvalue weighted by Gasteiger charge is 2.25. The van der Waals surface area contributed by atoms with Crippen molar-refractivity contribution in [3.8, 4) is 5.75 Å². The predicted octanol–water partition coefficient (Wildman–Crippen LogP) is 3.76. The molecule has 3 rings (SSSR count). The van der Waals surface area contributed by atoms with Crippen molar-refractivity contribution in [2.75, 3.05) is 7.11 Å². The van der Waals surface area contributed by atoms with Gasteiger partial charge in [-0.05, 0) is 54.4 Å². The number of benzene rings is 2. The van der Waals surface area contributed by atoms with E-state index in [1.807, 2.05) is 24.3 Å². The third-order valence-corrected chi connectivity index (χ3v) is 4.71. The smallest absolute Gasteiger partial charge is 0.320 e. The number of carbonyl (C=O) groups excluding carboxylic acids is 1. The van der Waals surface area contributed by atoms with E-state index in [0.29, 0.717) is 11.5 Å². The number of hydrazone groups is 1. The summed E-state index contributed by atoms with van der Waals surface area (Å²) in [4.78, 5) is 23.2. The summed E-state index contributed by atoms with van der Waals surface area (Å²) in [6.07, 6.45) is 1.23. The lowest BCUT2D eigenvalue weighted by Gasteiger charge is -2.04. The molecule has 0 saturated heterocycles. The lowest BCUT2D eigenvalue weighted by atomic mass is 10.1. The van der Waals surface area contributed by atoms with Crippen LogP contribution in [0.15, 0.2) is 64.3 Å². The Morgan fingerprint density at radius 2 is 2.03 bits per heavy atom. The molecule has 0 aliphatic carbocycles. The van der Waals surface area contributed by atoms with Crippen molar-refractivity contribution in [1.82, 2.24) is 15.2 Å². The highest BCUT2D eigenvalue weighted by Crippen LogP contribution is 2.19. The summed E-state index contributed by atoms with van der Waals surface area (Å²) in [5.41, 5.74) is 3.82. The minimum atomic E-state index is -0.762. The molecular weight excluding hydrogens is 454 g/mol. The van der Waals surface area contributed by atoms with Crippen LogP contribution in [0.25, 0.3) is 0 Å². The molecule has 9 nitrogen and oxygen atoms in total. The number of nitrogens with one attached hydrogen (secondary N) is 1. The van der Waals surface area contributed by atoms with E-state index < -0.39 is 10.8 Å². The van der Waals surface area contributed by atoms with E-state index in [1.165, 1.54) is 10.9 Å². The number of hydrogen-bond donors (Lipinski definition) is 1. The summed E-state index contributed by atoms with van der Waals surface area (Å²) in [6.45, 7) is 1.99. The van der Waals surface area contributed by atoms with Crippen LogP contribution in [-0.2, 0) is 6.54 Å². The lowest BCUT2D eigenvalue weighted by Crippen LogP contribution is -2.21. The Hall–Kier alpha value is -3.53. The van der Waals surface area contributed by atoms with Crippen LogP contribution in [-0.4, -0.2) is 33.4 Å². The Morgan fingerprint density at radius 1 is 1.30 bits per heavy atom. The van der Waals surface area contributed by atoms with Crippen molar-refractivity contribution in [2.24, 2.45) is 5.10 Å². The van der Waals surface area contributed by atoms with E-state index in [1.54, 1.807) is 38.3 Å². The molecular formula is C20H18BrN5O4. The maximum Gasteiger partial charge on any atom is 0.320 e. The van der Waals surface area contributed by atoms with Crippen LogP contribution in [0.4, 0.5) is 5.69 Å². The average Bonchev–Trinajstić information content (AvgIpc) is 3.16. The highest BCUT2D eigenvalue weighted by atomic mass is 79.9. The molecule has 1 N–H and O–H groups in total. The van der Waals surface area contributed by atoms with Crippen molar-refractivity contribution in [3.05, 3.63) is 86.1 Å². The molecule has 30 heavy (non-hydrogen) atoms. The molecule has 0 spiro atoms. The van der Waals surface area contributed by atoms with Crippen LogP contribution >= 0.6 is 15.9 Å². The molecule has 0 fully saturated rings. The molecule has 0 unspecified atom stereocenters. The number of hydrogen-bond acceptors (Lipinski definition) is 6. The Morgan fingerprint density at radius 3 is 2.67 bits per heavy atom. The molecule has 3 aromatic rings. The zero-order valence-corrected chi connectivity index (χ0v) is 17.8. The van der Waals surface area contributed by atoms with Crippen LogP contribution < -0.4 is 10.2 Å². The van der Waals surface area contributed by atoms with Gasteiger partial charge in [0.15, 0.2) is 0 Å². The molecule has 1 heterocycles. The number of methoxy groups -OCH3 is 1. The maximum absolute atomic E-state index is 12.5. The van der Waals surface area contributed by atoms with E-state index >= 15 is 0 Å². The van der Waals surface area contributed by atoms with Crippen LogP contribution in [0.2, 0.25) is 0 Å². The van der Waals surface area contributed by atoms with Crippen molar-refractivity contribution in [2.45, 2.75) is 13.5 Å². The number of halogens is 1. The van der Waals surface area contributed by atoms with Crippen molar-refractivity contribution < 1.29 is 14.5 Å². The van der Waals surface area contributed by atoms with Crippen molar-refractivity contribution in [1.29, 1.82) is 0 Å². The fraction of sp³-hybridized carbons (Fsp3) is 0.150. The first-order valence-corrected chi connectivity index (χ1v) is 9.62. The SMILES string of the molecule is COc1ccc(/C(C)=N\NC(=O)c2nn(Cc3cccc(Br)c3)cc2[N+](=O)[O-])cc1. The Bertz CT molecular complexity index is 1110. The average molecular weight is 472 g/mol. The quantitative estimate of drug-likeness (QED) is 0.320. The molecule has 0 saturated carbocycles. The molecule has 10 heteroatoms. The van der Waals surface area contributed by atoms with Crippen LogP contribution in [0.5, 0.6) is 5.75 Å². The Kier molecular flexibility index (Phi) is 6.58. The van der Waals surface area contributed by atoms with Gasteiger partial charge in [-0.3, -0.25) is 19.6 Å². The molecule has 0 radical (unpaired) electrons. The summed E-state index contributed by atoms with van der Waals surface area (Å²) in [5, 5.41) is 19.5. The number of amides is 1. The number of nitrogens with zero attached hydrogens (tertiary/aromatic N) is 4. The van der Waals surface area contributed by atoms with E-state index in [-0.39, 0.29) is 17.9 Å². The van der Waals surface area contributed by atoms with Gasteiger partial charge in [0, 0.05) is 4.47 Å². The number of aromatic nitrogens is 2. The molecule has 0 bridgehead atoms. The van der Waals surface area contributed by atoms with Gasteiger partial charge in [-0.2, -0.15) is 10.2 Å². The van der Waals surface area contributed by atoms with Gasteiger partial charge in [0.25, 0.3) is 5.91 Å². The predicted molar refractivity (Wildman–Crippen MR) is 115 cm³/mol. The van der Waals surface area contributed by atoms with E-state index in [0.717, 1.165) is 15.6 Å². The molecule has 0 aliphatic rings. The third-order valence-electron chi connectivity index (χ3n) is 4.22. The summed E-state index contributed by atoms with van der Waals surface area (Å²) in [6, 6.07) is 14.6. The van der Waals surface area contributed by atoms with Crippen LogP contribution in [0, 0.1) is 10.1 Å². The third kappa shape index (κ3) is 5.09. The Labute approximate surface area is 180 Å². The van der Waals surface area contributed by atoms with E-state index in [4.69, 9.17) is 4.74 Å². The van der Waals surface area contributed by atoms with Gasteiger partial charge in [-0.25, -0.2) is 5.43 Å². The zero-order valence-electron chi connectivity index (χ0n) is 16.2. The first-order chi connectivity index (χ1) is 14.4. The summed E-state index contributed by atoms with van der Waals surface area (Å²) in [7, 11) is 1.57. The minimum Gasteiger partial charge on any atom is -0.497 e. The molecule has 1 aromatic heterocycles. The zero-order chi connectivity index (χ0) is 21.7. The van der Waals surface area contributed by atoms with Gasteiger partial charge in [0.2, 0.25) is 5.69 Å². The van der Waals surface area contributed by atoms with Crippen molar-refractivity contribution in [3.63, 3.8) is 0 Å². The number of carbonyl (C=O) groups is 1. The minimum absolute atomic E-state index is 0.279. The van der Waals surface area contributed by atoms with E-state index in [9.17, 15) is 14.9 Å². The summed E-state index contributed by atoms with van der Waals surface area (Å²) >= 11 is 3.38. The largest absolute Gasteiger partial charge is 0.497 e. The fourth-order valence-corrected chi connectivity index (χ4v) is 3.14. The second-order valence-corrected chi connectivity index (χ2v) is 7.23. The monoisotopic (exact) mass is 471 g/mol. The topological polar surface area (TPSA) is 112 Å². The summed E-state index contributed by atoms with van der Waals surface area (Å²) < 4.78 is 7.34. The fourth-order valence-electron chi connectivity index (χ4n) is 2.69. The molecule has 0 atom stereocenters. The molecule has 1 amide bonds. The number of nitro groups is 1. The highest BCUT2D eigenvalue weighted by molar-refractivity contribution is 9.10. The number of ether oxygens (including phenoxy) is 1. The first kappa shape index (κ1) is 21.2. The van der Waals surface area contributed by atoms with Crippen LogP contribution in [0.3, 0.4) is 0 Å². The normalized spacial score (nSPS) is 11.2. The van der Waals surface area contributed by atoms with Gasteiger partial charge in [-0.1, -0.05) is 28.1 Å². The Balaban J connectivity index is 1.78. The van der Waals surface area contributed by atoms with Gasteiger partial charge in [0.1, 0.15) is 11.9 Å².